The van der Waals surface area contributed by atoms with Crippen LogP contribution >= 0.6 is 0 Å². The number of nitrogens with one attached hydrogen (secondary N) is 1. The molecule has 3 aromatic carbocycles. The number of carbonyl (C=O) groups is 1. The van der Waals surface area contributed by atoms with Crippen LogP contribution in [0.25, 0.3) is 11.4 Å². The monoisotopic (exact) mass is 399 g/mol. The van der Waals surface area contributed by atoms with Crippen molar-refractivity contribution in [1.82, 2.24) is 15.5 Å². The molecule has 0 saturated heterocycles. The molecule has 0 saturated carbocycles. The van der Waals surface area contributed by atoms with E-state index in [4.69, 9.17) is 9.26 Å². The number of aryl methyl sites for hydroxylation is 1. The summed E-state index contributed by atoms with van der Waals surface area (Å²) in [4.78, 5) is 16.8. The van der Waals surface area contributed by atoms with E-state index in [1.807, 2.05) is 61.5 Å². The summed E-state index contributed by atoms with van der Waals surface area (Å²) in [7, 11) is 0. The van der Waals surface area contributed by atoms with Crippen LogP contribution in [0.1, 0.15) is 27.4 Å². The highest BCUT2D eigenvalue weighted by Gasteiger charge is 2.11. The fourth-order valence-corrected chi connectivity index (χ4v) is 2.89. The van der Waals surface area contributed by atoms with Gasteiger partial charge in [0.15, 0.2) is 6.61 Å². The van der Waals surface area contributed by atoms with Crippen LogP contribution in [0.15, 0.2) is 83.4 Å². The van der Waals surface area contributed by atoms with Gasteiger partial charge in [0.25, 0.3) is 11.8 Å². The summed E-state index contributed by atoms with van der Waals surface area (Å²) in [5, 5.41) is 6.90. The topological polar surface area (TPSA) is 77.2 Å². The molecule has 6 nitrogen and oxygen atoms in total. The second kappa shape index (κ2) is 9.05. The van der Waals surface area contributed by atoms with Crippen LogP contribution in [0.2, 0.25) is 0 Å². The molecule has 0 aliphatic heterocycles. The molecule has 0 radical (unpaired) electrons. The third-order valence-corrected chi connectivity index (χ3v) is 4.53. The van der Waals surface area contributed by atoms with Crippen molar-refractivity contribution >= 4 is 5.91 Å². The van der Waals surface area contributed by atoms with Crippen molar-refractivity contribution in [2.75, 3.05) is 0 Å². The Kier molecular flexibility index (Phi) is 5.85. The van der Waals surface area contributed by atoms with E-state index in [0.29, 0.717) is 29.6 Å². The number of hydrogen-bond donors (Lipinski definition) is 1. The summed E-state index contributed by atoms with van der Waals surface area (Å²) >= 11 is 0. The zero-order valence-electron chi connectivity index (χ0n) is 16.5. The van der Waals surface area contributed by atoms with Crippen LogP contribution in [-0.2, 0) is 13.2 Å². The molecule has 0 unspecified atom stereocenters. The molecule has 4 rings (SSSR count). The zero-order chi connectivity index (χ0) is 20.8. The van der Waals surface area contributed by atoms with E-state index in [-0.39, 0.29) is 12.5 Å². The molecule has 6 heteroatoms. The van der Waals surface area contributed by atoms with E-state index >= 15 is 0 Å². The van der Waals surface area contributed by atoms with E-state index in [1.165, 1.54) is 5.56 Å². The molecule has 0 atom stereocenters. The van der Waals surface area contributed by atoms with Crippen molar-refractivity contribution < 1.29 is 14.1 Å². The minimum atomic E-state index is -0.163. The maximum Gasteiger partial charge on any atom is 0.264 e. The first-order chi connectivity index (χ1) is 14.7. The van der Waals surface area contributed by atoms with Crippen molar-refractivity contribution in [2.24, 2.45) is 0 Å². The lowest BCUT2D eigenvalue weighted by atomic mass is 10.1. The number of amides is 1. The number of nitrogens with zero attached hydrogens (tertiary/aromatic N) is 2. The van der Waals surface area contributed by atoms with E-state index in [9.17, 15) is 4.79 Å². The van der Waals surface area contributed by atoms with E-state index in [1.54, 1.807) is 24.3 Å². The minimum absolute atomic E-state index is 0.119. The van der Waals surface area contributed by atoms with Crippen LogP contribution in [0.3, 0.4) is 0 Å². The number of rotatable bonds is 7. The summed E-state index contributed by atoms with van der Waals surface area (Å²) in [6, 6.07) is 24.6. The van der Waals surface area contributed by atoms with Crippen molar-refractivity contribution in [2.45, 2.75) is 20.1 Å². The number of benzene rings is 3. The Bertz CT molecular complexity index is 1120. The first-order valence-corrected chi connectivity index (χ1v) is 9.62. The summed E-state index contributed by atoms with van der Waals surface area (Å²) < 4.78 is 11.0. The van der Waals surface area contributed by atoms with Gasteiger partial charge in [-0.15, -0.1) is 0 Å². The Hall–Kier alpha value is -3.93. The molecule has 1 N–H and O–H groups in total. The molecular formula is C24H21N3O3. The summed E-state index contributed by atoms with van der Waals surface area (Å²) in [6.45, 7) is 2.61. The van der Waals surface area contributed by atoms with E-state index < -0.39 is 0 Å². The molecule has 0 aliphatic carbocycles. The normalized spacial score (nSPS) is 10.6. The average Bonchev–Trinajstić information content (AvgIpc) is 3.26. The van der Waals surface area contributed by atoms with Crippen LogP contribution in [0, 0.1) is 6.92 Å². The third kappa shape index (κ3) is 4.91. The Morgan fingerprint density at radius 2 is 1.80 bits per heavy atom. The smallest absolute Gasteiger partial charge is 0.264 e. The first-order valence-electron chi connectivity index (χ1n) is 9.62. The summed E-state index contributed by atoms with van der Waals surface area (Å²) in [5.41, 5.74) is 3.61. The second-order valence-corrected chi connectivity index (χ2v) is 6.86. The highest BCUT2D eigenvalue weighted by molar-refractivity contribution is 5.94. The Morgan fingerprint density at radius 3 is 2.60 bits per heavy atom. The highest BCUT2D eigenvalue weighted by atomic mass is 16.5. The van der Waals surface area contributed by atoms with Crippen molar-refractivity contribution in [3.63, 3.8) is 0 Å². The number of ether oxygens (including phenoxy) is 1. The molecular weight excluding hydrogens is 378 g/mol. The fraction of sp³-hybridized carbons (Fsp3) is 0.125. The van der Waals surface area contributed by atoms with Gasteiger partial charge >= 0.3 is 0 Å². The average molecular weight is 399 g/mol. The number of hydrogen-bond acceptors (Lipinski definition) is 5. The highest BCUT2D eigenvalue weighted by Crippen LogP contribution is 2.18. The predicted octanol–water partition coefficient (Wildman–Crippen LogP) is 4.55. The summed E-state index contributed by atoms with van der Waals surface area (Å²) in [6.07, 6.45) is 0. The quantitative estimate of drug-likeness (QED) is 0.493. The van der Waals surface area contributed by atoms with Gasteiger partial charge in [-0.2, -0.15) is 4.98 Å². The minimum Gasteiger partial charge on any atom is -0.484 e. The largest absolute Gasteiger partial charge is 0.484 e. The molecule has 1 heterocycles. The molecule has 4 aromatic rings. The molecule has 1 aromatic heterocycles. The van der Waals surface area contributed by atoms with Crippen LogP contribution in [-0.4, -0.2) is 16.0 Å². The molecule has 0 aliphatic rings. The van der Waals surface area contributed by atoms with Gasteiger partial charge in [-0.25, -0.2) is 0 Å². The maximum absolute atomic E-state index is 12.4. The SMILES string of the molecule is Cc1ccc(-c2noc(COc3cccc(C(=O)NCc4ccccc4)c3)n2)cc1. The molecule has 0 fully saturated rings. The predicted molar refractivity (Wildman–Crippen MR) is 113 cm³/mol. The van der Waals surface area contributed by atoms with Crippen LogP contribution in [0.5, 0.6) is 5.75 Å². The molecule has 1 amide bonds. The van der Waals surface area contributed by atoms with Crippen LogP contribution in [0.4, 0.5) is 0 Å². The standard InChI is InChI=1S/C24H21N3O3/c1-17-10-12-19(13-11-17)23-26-22(30-27-23)16-29-21-9-5-8-20(14-21)24(28)25-15-18-6-3-2-4-7-18/h2-14H,15-16H2,1H3,(H,25,28). The van der Waals surface area contributed by atoms with Gasteiger partial charge in [-0.1, -0.05) is 71.4 Å². The molecule has 0 bridgehead atoms. The lowest BCUT2D eigenvalue weighted by molar-refractivity contribution is 0.0950. The van der Waals surface area contributed by atoms with Gasteiger partial charge in [-0.05, 0) is 30.7 Å². The zero-order valence-corrected chi connectivity index (χ0v) is 16.5. The summed E-state index contributed by atoms with van der Waals surface area (Å²) in [5.74, 6) is 1.27. The number of aromatic nitrogens is 2. The molecule has 0 spiro atoms. The molecule has 150 valence electrons. The maximum atomic E-state index is 12.4. The Labute approximate surface area is 174 Å². The Morgan fingerprint density at radius 1 is 1.00 bits per heavy atom. The lowest BCUT2D eigenvalue weighted by Gasteiger charge is -2.08. The lowest BCUT2D eigenvalue weighted by Crippen LogP contribution is -2.22. The van der Waals surface area contributed by atoms with Gasteiger partial charge in [0.1, 0.15) is 5.75 Å². The van der Waals surface area contributed by atoms with Gasteiger partial charge < -0.3 is 14.6 Å². The van der Waals surface area contributed by atoms with Gasteiger partial charge in [0.05, 0.1) is 0 Å². The van der Waals surface area contributed by atoms with Crippen molar-refractivity contribution in [3.8, 4) is 17.1 Å². The van der Waals surface area contributed by atoms with Crippen molar-refractivity contribution in [3.05, 3.63) is 101 Å². The third-order valence-electron chi connectivity index (χ3n) is 4.53. The van der Waals surface area contributed by atoms with Crippen LogP contribution < -0.4 is 10.1 Å². The van der Waals surface area contributed by atoms with Gasteiger partial charge in [-0.3, -0.25) is 4.79 Å². The second-order valence-electron chi connectivity index (χ2n) is 6.86. The Balaban J connectivity index is 1.35. The fourth-order valence-electron chi connectivity index (χ4n) is 2.89. The van der Waals surface area contributed by atoms with E-state index in [2.05, 4.69) is 15.5 Å². The van der Waals surface area contributed by atoms with Crippen molar-refractivity contribution in [1.29, 1.82) is 0 Å². The number of carbonyl (C=O) groups excluding carboxylic acids is 1. The van der Waals surface area contributed by atoms with E-state index in [0.717, 1.165) is 11.1 Å². The van der Waals surface area contributed by atoms with Gasteiger partial charge in [0, 0.05) is 17.7 Å². The molecule has 30 heavy (non-hydrogen) atoms. The van der Waals surface area contributed by atoms with Gasteiger partial charge in [0.2, 0.25) is 5.82 Å². The first kappa shape index (κ1) is 19.4.